The van der Waals surface area contributed by atoms with Gasteiger partial charge in [-0.3, -0.25) is 9.78 Å². The second-order valence-corrected chi connectivity index (χ2v) is 9.92. The fourth-order valence-electron chi connectivity index (χ4n) is 4.35. The molecule has 2 aliphatic rings. The number of benzene rings is 1. The van der Waals surface area contributed by atoms with E-state index < -0.39 is 0 Å². The summed E-state index contributed by atoms with van der Waals surface area (Å²) in [4.78, 5) is 32.4. The van der Waals surface area contributed by atoms with Gasteiger partial charge in [0.1, 0.15) is 24.4 Å². The summed E-state index contributed by atoms with van der Waals surface area (Å²) in [6.07, 6.45) is 5.26. The first kappa shape index (κ1) is 22.9. The number of aromatic nitrogens is 5. The minimum Gasteiger partial charge on any atom is -0.470 e. The largest absolute Gasteiger partial charge is 0.470 e. The predicted octanol–water partition coefficient (Wildman–Crippen LogP) is 4.19. The molecule has 0 unspecified atom stereocenters. The number of morpholine rings is 1. The molecule has 4 heterocycles. The molecule has 3 aromatic heterocycles. The third-order valence-corrected chi connectivity index (χ3v) is 6.89. The van der Waals surface area contributed by atoms with Crippen molar-refractivity contribution < 1.29 is 14.3 Å². The number of hydrogen-bond acceptors (Lipinski definition) is 7. The molecule has 0 bridgehead atoms. The van der Waals surface area contributed by atoms with Crippen LogP contribution < -0.4 is 9.64 Å². The van der Waals surface area contributed by atoms with E-state index in [1.165, 1.54) is 6.33 Å². The van der Waals surface area contributed by atoms with Crippen LogP contribution in [0.3, 0.4) is 0 Å². The molecular weight excluding hydrogens is 480 g/mol. The Morgan fingerprint density at radius 1 is 1.17 bits per heavy atom. The van der Waals surface area contributed by atoms with Crippen LogP contribution in [0.4, 0.5) is 5.69 Å². The Morgan fingerprint density at radius 3 is 2.78 bits per heavy atom. The molecule has 4 aromatic rings. The lowest BCUT2D eigenvalue weighted by molar-refractivity contribution is -0.125. The summed E-state index contributed by atoms with van der Waals surface area (Å²) in [5.74, 6) is 1.00. The third kappa shape index (κ3) is 4.29. The van der Waals surface area contributed by atoms with Crippen LogP contribution in [0.25, 0.3) is 22.6 Å². The first-order valence-electron chi connectivity index (χ1n) is 11.9. The van der Waals surface area contributed by atoms with Gasteiger partial charge in [0.15, 0.2) is 11.2 Å². The predicted molar refractivity (Wildman–Crippen MR) is 135 cm³/mol. The van der Waals surface area contributed by atoms with Crippen LogP contribution in [0.2, 0.25) is 5.02 Å². The van der Waals surface area contributed by atoms with Crippen LogP contribution >= 0.6 is 11.6 Å². The monoisotopic (exact) mass is 504 g/mol. The summed E-state index contributed by atoms with van der Waals surface area (Å²) in [5, 5.41) is 0.477. The van der Waals surface area contributed by atoms with Crippen LogP contribution in [0, 0.1) is 6.92 Å². The van der Waals surface area contributed by atoms with Gasteiger partial charge in [0.05, 0.1) is 23.9 Å². The number of amides is 1. The van der Waals surface area contributed by atoms with E-state index in [-0.39, 0.29) is 18.1 Å². The first-order chi connectivity index (χ1) is 17.4. The second-order valence-electron chi connectivity index (χ2n) is 9.51. The molecule has 1 saturated carbocycles. The van der Waals surface area contributed by atoms with Crippen molar-refractivity contribution in [2.24, 2.45) is 0 Å². The lowest BCUT2D eigenvalue weighted by Gasteiger charge is -2.27. The summed E-state index contributed by atoms with van der Waals surface area (Å²) < 4.78 is 13.4. The van der Waals surface area contributed by atoms with E-state index in [1.54, 1.807) is 17.2 Å². The molecule has 0 spiro atoms. The number of nitrogens with zero attached hydrogens (tertiary/aromatic N) is 6. The van der Waals surface area contributed by atoms with E-state index in [2.05, 4.69) is 21.9 Å². The van der Waals surface area contributed by atoms with Crippen molar-refractivity contribution in [3.05, 3.63) is 59.1 Å². The second kappa shape index (κ2) is 8.83. The topological polar surface area (TPSA) is 95.3 Å². The fourth-order valence-corrected chi connectivity index (χ4v) is 4.61. The number of halogens is 1. The van der Waals surface area contributed by atoms with Crippen LogP contribution in [0.15, 0.2) is 42.9 Å². The van der Waals surface area contributed by atoms with Gasteiger partial charge in [-0.05, 0) is 62.6 Å². The van der Waals surface area contributed by atoms with Crippen molar-refractivity contribution in [3.63, 3.8) is 0 Å². The molecule has 1 saturated heterocycles. The van der Waals surface area contributed by atoms with Crippen LogP contribution in [-0.4, -0.2) is 55.8 Å². The molecule has 2 fully saturated rings. The maximum absolute atomic E-state index is 12.3. The summed E-state index contributed by atoms with van der Waals surface area (Å²) in [6.45, 7) is 5.59. The zero-order valence-corrected chi connectivity index (χ0v) is 20.8. The Balaban J connectivity index is 1.47. The highest BCUT2D eigenvalue weighted by Gasteiger charge is 2.41. The lowest BCUT2D eigenvalue weighted by atomic mass is 10.1. The van der Waals surface area contributed by atoms with Gasteiger partial charge in [-0.2, -0.15) is 4.98 Å². The summed E-state index contributed by atoms with van der Waals surface area (Å²) in [5.41, 5.74) is 4.44. The van der Waals surface area contributed by atoms with Crippen molar-refractivity contribution >= 4 is 34.4 Å². The SMILES string of the molecule is Cc1ccnc(Cn2c(-c3ccc(N4CCOCC4=O)cc3Cl)nc3c(OC4(C)CC4)ncnc32)c1. The summed E-state index contributed by atoms with van der Waals surface area (Å²) in [6, 6.07) is 9.56. The van der Waals surface area contributed by atoms with E-state index in [0.29, 0.717) is 47.6 Å². The quantitative estimate of drug-likeness (QED) is 0.388. The molecule has 0 radical (unpaired) electrons. The molecule has 0 atom stereocenters. The number of aryl methyl sites for hydroxylation is 1. The minimum absolute atomic E-state index is 0.0685. The summed E-state index contributed by atoms with van der Waals surface area (Å²) >= 11 is 6.81. The molecule has 1 aliphatic heterocycles. The van der Waals surface area contributed by atoms with Gasteiger partial charge in [-0.25, -0.2) is 9.97 Å². The molecule has 6 rings (SSSR count). The lowest BCUT2D eigenvalue weighted by Crippen LogP contribution is -2.41. The zero-order valence-electron chi connectivity index (χ0n) is 20.1. The van der Waals surface area contributed by atoms with Crippen molar-refractivity contribution in [1.29, 1.82) is 0 Å². The number of fused-ring (bicyclic) bond motifs is 1. The Kier molecular flexibility index (Phi) is 5.61. The Hall–Kier alpha value is -3.56. The van der Waals surface area contributed by atoms with Gasteiger partial charge in [-0.1, -0.05) is 11.6 Å². The molecule has 36 heavy (non-hydrogen) atoms. The van der Waals surface area contributed by atoms with Gasteiger partial charge < -0.3 is 18.9 Å². The average Bonchev–Trinajstić information content (AvgIpc) is 3.47. The highest BCUT2D eigenvalue weighted by atomic mass is 35.5. The van der Waals surface area contributed by atoms with Crippen molar-refractivity contribution in [2.75, 3.05) is 24.7 Å². The van der Waals surface area contributed by atoms with Gasteiger partial charge in [0.2, 0.25) is 5.88 Å². The molecule has 10 heteroatoms. The van der Waals surface area contributed by atoms with Gasteiger partial charge in [0, 0.05) is 24.0 Å². The number of rotatable bonds is 6. The van der Waals surface area contributed by atoms with E-state index in [4.69, 9.17) is 26.1 Å². The fraction of sp³-hybridized carbons (Fsp3) is 0.346. The minimum atomic E-state index is -0.215. The highest BCUT2D eigenvalue weighted by Crippen LogP contribution is 2.41. The Labute approximate surface area is 213 Å². The smallest absolute Gasteiger partial charge is 0.253 e. The first-order valence-corrected chi connectivity index (χ1v) is 12.3. The normalized spacial score (nSPS) is 17.0. The van der Waals surface area contributed by atoms with Crippen LogP contribution in [0.5, 0.6) is 5.88 Å². The maximum Gasteiger partial charge on any atom is 0.253 e. The van der Waals surface area contributed by atoms with Crippen molar-refractivity contribution in [1.82, 2.24) is 24.5 Å². The number of hydrogen-bond donors (Lipinski definition) is 0. The number of pyridine rings is 1. The number of imidazole rings is 1. The number of anilines is 1. The standard InChI is InChI=1S/C26H25ClN6O3/c1-16-5-8-28-17(11-16)13-33-23(31-22-24(33)29-15-30-25(22)36-26(2)6-7-26)19-4-3-18(12-20(19)27)32-9-10-35-14-21(32)34/h3-5,8,11-12,15H,6-7,9-10,13-14H2,1-2H3. The van der Waals surface area contributed by atoms with Gasteiger partial charge >= 0.3 is 0 Å². The Morgan fingerprint density at radius 2 is 2.03 bits per heavy atom. The Bertz CT molecular complexity index is 1480. The molecule has 0 N–H and O–H groups in total. The third-order valence-electron chi connectivity index (χ3n) is 6.58. The van der Waals surface area contributed by atoms with Gasteiger partial charge in [-0.15, -0.1) is 0 Å². The number of carbonyl (C=O) groups excluding carboxylic acids is 1. The van der Waals surface area contributed by atoms with E-state index in [1.807, 2.05) is 35.8 Å². The average molecular weight is 505 g/mol. The molecule has 1 amide bonds. The van der Waals surface area contributed by atoms with E-state index >= 15 is 0 Å². The highest BCUT2D eigenvalue weighted by molar-refractivity contribution is 6.33. The van der Waals surface area contributed by atoms with Crippen LogP contribution in [0.1, 0.15) is 31.0 Å². The number of ether oxygens (including phenoxy) is 2. The molecular formula is C26H25ClN6O3. The number of carbonyl (C=O) groups is 1. The van der Waals surface area contributed by atoms with Gasteiger partial charge in [0.25, 0.3) is 5.91 Å². The van der Waals surface area contributed by atoms with E-state index in [9.17, 15) is 4.79 Å². The maximum atomic E-state index is 12.3. The van der Waals surface area contributed by atoms with Crippen molar-refractivity contribution in [2.45, 2.75) is 38.8 Å². The van der Waals surface area contributed by atoms with E-state index in [0.717, 1.165) is 35.3 Å². The zero-order chi connectivity index (χ0) is 24.9. The molecule has 1 aromatic carbocycles. The molecule has 9 nitrogen and oxygen atoms in total. The molecule has 1 aliphatic carbocycles. The molecule has 184 valence electrons. The van der Waals surface area contributed by atoms with Crippen LogP contribution in [-0.2, 0) is 16.1 Å². The summed E-state index contributed by atoms with van der Waals surface area (Å²) in [7, 11) is 0. The van der Waals surface area contributed by atoms with Crippen molar-refractivity contribution in [3.8, 4) is 17.3 Å².